The first-order valence-electron chi connectivity index (χ1n) is 9.40. The molecule has 0 spiro atoms. The van der Waals surface area contributed by atoms with Gasteiger partial charge in [-0.05, 0) is 48.8 Å². The third-order valence-corrected chi connectivity index (χ3v) is 5.43. The molecule has 0 radical (unpaired) electrons. The van der Waals surface area contributed by atoms with Gasteiger partial charge in [-0.1, -0.05) is 65.0 Å². The Kier molecular flexibility index (Phi) is 6.95. The SMILES string of the molecule is CCC(C)(C)c1ccc(OC(C)OCCC2CCCCC2)cc1. The molecule has 1 fully saturated rings. The van der Waals surface area contributed by atoms with Crippen LogP contribution in [0.3, 0.4) is 0 Å². The zero-order valence-electron chi connectivity index (χ0n) is 15.4. The van der Waals surface area contributed by atoms with E-state index in [9.17, 15) is 0 Å². The molecule has 1 atom stereocenters. The zero-order chi connectivity index (χ0) is 16.7. The fraction of sp³-hybridized carbons (Fsp3) is 0.714. The Morgan fingerprint density at radius 3 is 2.35 bits per heavy atom. The Labute approximate surface area is 142 Å². The molecule has 130 valence electrons. The quantitative estimate of drug-likeness (QED) is 0.540. The van der Waals surface area contributed by atoms with Gasteiger partial charge in [0.05, 0.1) is 6.61 Å². The zero-order valence-corrected chi connectivity index (χ0v) is 15.4. The van der Waals surface area contributed by atoms with Crippen molar-refractivity contribution in [2.75, 3.05) is 6.61 Å². The molecule has 0 aromatic heterocycles. The maximum atomic E-state index is 5.88. The van der Waals surface area contributed by atoms with Crippen molar-refractivity contribution in [1.82, 2.24) is 0 Å². The van der Waals surface area contributed by atoms with Gasteiger partial charge < -0.3 is 9.47 Å². The predicted octanol–water partition coefficient (Wildman–Crippen LogP) is 6.09. The highest BCUT2D eigenvalue weighted by Crippen LogP contribution is 2.29. The molecule has 0 aliphatic heterocycles. The molecule has 1 aliphatic rings. The maximum Gasteiger partial charge on any atom is 0.196 e. The molecule has 1 saturated carbocycles. The number of hydrogen-bond acceptors (Lipinski definition) is 2. The summed E-state index contributed by atoms with van der Waals surface area (Å²) in [5.74, 6) is 1.76. The van der Waals surface area contributed by atoms with E-state index in [4.69, 9.17) is 9.47 Å². The minimum absolute atomic E-state index is 0.177. The van der Waals surface area contributed by atoms with Crippen LogP contribution in [0.4, 0.5) is 0 Å². The van der Waals surface area contributed by atoms with Gasteiger partial charge in [0.25, 0.3) is 0 Å². The fourth-order valence-electron chi connectivity index (χ4n) is 3.29. The summed E-state index contributed by atoms with van der Waals surface area (Å²) in [6.45, 7) is 9.59. The van der Waals surface area contributed by atoms with Gasteiger partial charge >= 0.3 is 0 Å². The summed E-state index contributed by atoms with van der Waals surface area (Å²) in [5, 5.41) is 0. The standard InChI is InChI=1S/C21H34O2/c1-5-21(3,4)19-11-13-20(14-12-19)23-17(2)22-16-15-18-9-7-6-8-10-18/h11-14,17-18H,5-10,15-16H2,1-4H3. The van der Waals surface area contributed by atoms with E-state index in [2.05, 4.69) is 45.0 Å². The Hall–Kier alpha value is -1.02. The summed E-state index contributed by atoms with van der Waals surface area (Å²) in [5.41, 5.74) is 1.58. The van der Waals surface area contributed by atoms with Crippen molar-refractivity contribution >= 4 is 0 Å². The van der Waals surface area contributed by atoms with Gasteiger partial charge in [0.15, 0.2) is 6.29 Å². The van der Waals surface area contributed by atoms with E-state index in [0.29, 0.717) is 0 Å². The molecule has 0 amide bonds. The molecule has 1 aromatic rings. The largest absolute Gasteiger partial charge is 0.465 e. The lowest BCUT2D eigenvalue weighted by Gasteiger charge is -2.24. The molecular weight excluding hydrogens is 284 g/mol. The molecule has 2 rings (SSSR count). The smallest absolute Gasteiger partial charge is 0.196 e. The van der Waals surface area contributed by atoms with Gasteiger partial charge in [0.2, 0.25) is 0 Å². The molecule has 2 nitrogen and oxygen atoms in total. The van der Waals surface area contributed by atoms with Crippen LogP contribution in [-0.4, -0.2) is 12.9 Å². The Morgan fingerprint density at radius 2 is 1.74 bits per heavy atom. The normalized spacial score (nSPS) is 17.9. The van der Waals surface area contributed by atoms with E-state index >= 15 is 0 Å². The topological polar surface area (TPSA) is 18.5 Å². The Morgan fingerprint density at radius 1 is 1.09 bits per heavy atom. The summed E-state index contributed by atoms with van der Waals surface area (Å²) < 4.78 is 11.7. The highest BCUT2D eigenvalue weighted by atomic mass is 16.7. The van der Waals surface area contributed by atoms with Crippen molar-refractivity contribution in [1.29, 1.82) is 0 Å². The summed E-state index contributed by atoms with van der Waals surface area (Å²) in [4.78, 5) is 0. The third-order valence-electron chi connectivity index (χ3n) is 5.43. The van der Waals surface area contributed by atoms with Crippen LogP contribution in [0.15, 0.2) is 24.3 Å². The molecule has 0 heterocycles. The first-order valence-corrected chi connectivity index (χ1v) is 9.40. The van der Waals surface area contributed by atoms with Gasteiger partial charge in [-0.15, -0.1) is 0 Å². The van der Waals surface area contributed by atoms with Crippen molar-refractivity contribution in [3.63, 3.8) is 0 Å². The van der Waals surface area contributed by atoms with Gasteiger partial charge in [0, 0.05) is 0 Å². The first-order chi connectivity index (χ1) is 11.0. The molecule has 1 aromatic carbocycles. The number of rotatable bonds is 8. The van der Waals surface area contributed by atoms with Crippen molar-refractivity contribution in [2.45, 2.75) is 84.3 Å². The van der Waals surface area contributed by atoms with Gasteiger partial charge in [0.1, 0.15) is 5.75 Å². The van der Waals surface area contributed by atoms with Crippen molar-refractivity contribution in [3.8, 4) is 5.75 Å². The number of benzene rings is 1. The number of hydrogen-bond donors (Lipinski definition) is 0. The van der Waals surface area contributed by atoms with Crippen LogP contribution in [0.1, 0.15) is 78.2 Å². The van der Waals surface area contributed by atoms with Crippen molar-refractivity contribution in [3.05, 3.63) is 29.8 Å². The molecule has 0 saturated heterocycles. The molecule has 0 bridgehead atoms. The van der Waals surface area contributed by atoms with Crippen LogP contribution in [0, 0.1) is 5.92 Å². The van der Waals surface area contributed by atoms with Crippen molar-refractivity contribution in [2.24, 2.45) is 5.92 Å². The average Bonchev–Trinajstić information content (AvgIpc) is 2.56. The van der Waals surface area contributed by atoms with E-state index in [1.807, 2.05) is 6.92 Å². The molecule has 1 unspecified atom stereocenters. The summed E-state index contributed by atoms with van der Waals surface area (Å²) in [6, 6.07) is 8.47. The highest BCUT2D eigenvalue weighted by Gasteiger charge is 2.18. The second-order valence-electron chi connectivity index (χ2n) is 7.61. The lowest BCUT2D eigenvalue weighted by Crippen LogP contribution is -2.19. The van der Waals surface area contributed by atoms with Gasteiger partial charge in [-0.2, -0.15) is 0 Å². The van der Waals surface area contributed by atoms with Crippen LogP contribution in [0.2, 0.25) is 0 Å². The van der Waals surface area contributed by atoms with E-state index in [0.717, 1.165) is 24.7 Å². The second-order valence-corrected chi connectivity index (χ2v) is 7.61. The third kappa shape index (κ3) is 5.84. The predicted molar refractivity (Wildman–Crippen MR) is 97.0 cm³/mol. The number of ether oxygens (including phenoxy) is 2. The van der Waals surface area contributed by atoms with Gasteiger partial charge in [-0.25, -0.2) is 0 Å². The van der Waals surface area contributed by atoms with Crippen LogP contribution >= 0.6 is 0 Å². The minimum Gasteiger partial charge on any atom is -0.465 e. The lowest BCUT2D eigenvalue weighted by atomic mass is 9.82. The molecule has 2 heteroatoms. The molecular formula is C21H34O2. The monoisotopic (exact) mass is 318 g/mol. The Bertz CT molecular complexity index is 443. The molecule has 23 heavy (non-hydrogen) atoms. The van der Waals surface area contributed by atoms with E-state index in [1.54, 1.807) is 0 Å². The van der Waals surface area contributed by atoms with E-state index in [1.165, 1.54) is 44.1 Å². The summed E-state index contributed by atoms with van der Waals surface area (Å²) in [7, 11) is 0. The Balaban J connectivity index is 1.73. The van der Waals surface area contributed by atoms with E-state index in [-0.39, 0.29) is 11.7 Å². The first kappa shape index (κ1) is 18.3. The van der Waals surface area contributed by atoms with Crippen LogP contribution < -0.4 is 4.74 Å². The maximum absolute atomic E-state index is 5.88. The van der Waals surface area contributed by atoms with Crippen molar-refractivity contribution < 1.29 is 9.47 Å². The highest BCUT2D eigenvalue weighted by molar-refractivity contribution is 5.31. The van der Waals surface area contributed by atoms with E-state index < -0.39 is 0 Å². The van der Waals surface area contributed by atoms with Crippen LogP contribution in [0.25, 0.3) is 0 Å². The van der Waals surface area contributed by atoms with Crippen LogP contribution in [-0.2, 0) is 10.2 Å². The second kappa shape index (κ2) is 8.73. The summed E-state index contributed by atoms with van der Waals surface area (Å²) in [6.07, 6.45) is 9.12. The lowest BCUT2D eigenvalue weighted by molar-refractivity contribution is -0.0711. The molecule has 1 aliphatic carbocycles. The minimum atomic E-state index is -0.177. The fourth-order valence-corrected chi connectivity index (χ4v) is 3.29. The summed E-state index contributed by atoms with van der Waals surface area (Å²) >= 11 is 0. The average molecular weight is 319 g/mol. The molecule has 0 N–H and O–H groups in total. The van der Waals surface area contributed by atoms with Crippen LogP contribution in [0.5, 0.6) is 5.75 Å². The van der Waals surface area contributed by atoms with Gasteiger partial charge in [-0.3, -0.25) is 0 Å².